The number of aromatic nitrogens is 2. The van der Waals surface area contributed by atoms with Gasteiger partial charge in [-0.3, -0.25) is 4.90 Å². The van der Waals surface area contributed by atoms with Gasteiger partial charge in [0, 0.05) is 44.6 Å². The molecule has 0 bridgehead atoms. The minimum absolute atomic E-state index is 0.546. The minimum Gasteiger partial charge on any atom is -0.353 e. The number of benzene rings is 1. The van der Waals surface area contributed by atoms with Crippen LogP contribution in [0.15, 0.2) is 42.7 Å². The van der Waals surface area contributed by atoms with Crippen molar-refractivity contribution < 1.29 is 0 Å². The normalized spacial score (nSPS) is 17.0. The van der Waals surface area contributed by atoms with Crippen molar-refractivity contribution in [2.75, 3.05) is 18.4 Å². The topological polar surface area (TPSA) is 33.1 Å². The molecule has 1 aromatic carbocycles. The van der Waals surface area contributed by atoms with Crippen molar-refractivity contribution in [2.45, 2.75) is 38.9 Å². The molecule has 1 N–H and O–H groups in total. The second-order valence-corrected chi connectivity index (χ2v) is 5.72. The number of anilines is 1. The molecule has 4 heteroatoms. The first kappa shape index (κ1) is 14.1. The lowest BCUT2D eigenvalue weighted by Gasteiger charge is -2.32. The first-order valence-electron chi connectivity index (χ1n) is 7.89. The number of piperidine rings is 1. The summed E-state index contributed by atoms with van der Waals surface area (Å²) in [6.45, 7) is 6.49. The summed E-state index contributed by atoms with van der Waals surface area (Å²) in [4.78, 5) is 6.95. The van der Waals surface area contributed by atoms with Gasteiger partial charge in [-0.2, -0.15) is 0 Å². The van der Waals surface area contributed by atoms with Gasteiger partial charge in [0.2, 0.25) is 5.95 Å². The zero-order valence-electron chi connectivity index (χ0n) is 12.7. The molecule has 1 aliphatic heterocycles. The highest BCUT2D eigenvalue weighted by Crippen LogP contribution is 2.17. The molecule has 0 aliphatic carbocycles. The fraction of sp³-hybridized carbons (Fsp3) is 0.471. The Morgan fingerprint density at radius 1 is 1.19 bits per heavy atom. The molecule has 3 rings (SSSR count). The molecule has 4 nitrogen and oxygen atoms in total. The Morgan fingerprint density at radius 2 is 1.95 bits per heavy atom. The molecule has 112 valence electrons. The van der Waals surface area contributed by atoms with Crippen molar-refractivity contribution in [3.05, 3.63) is 48.3 Å². The predicted molar refractivity (Wildman–Crippen MR) is 86.3 cm³/mol. The van der Waals surface area contributed by atoms with Gasteiger partial charge in [-0.15, -0.1) is 0 Å². The number of nitrogens with one attached hydrogen (secondary N) is 1. The number of aryl methyl sites for hydroxylation is 1. The van der Waals surface area contributed by atoms with E-state index >= 15 is 0 Å². The van der Waals surface area contributed by atoms with E-state index in [4.69, 9.17) is 0 Å². The van der Waals surface area contributed by atoms with E-state index in [1.54, 1.807) is 0 Å². The van der Waals surface area contributed by atoms with Crippen molar-refractivity contribution >= 4 is 5.95 Å². The van der Waals surface area contributed by atoms with Crippen LogP contribution < -0.4 is 5.32 Å². The van der Waals surface area contributed by atoms with E-state index in [1.807, 2.05) is 12.4 Å². The van der Waals surface area contributed by atoms with E-state index in [0.717, 1.165) is 32.1 Å². The molecule has 0 amide bonds. The standard InChI is InChI=1S/C17H24N4/c1-2-21-13-10-18-17(21)19-16-8-11-20(12-9-16)14-15-6-4-3-5-7-15/h3-7,10,13,16H,2,8-9,11-12,14H2,1H3,(H,18,19). The van der Waals surface area contributed by atoms with Crippen LogP contribution >= 0.6 is 0 Å². The van der Waals surface area contributed by atoms with Gasteiger partial charge in [0.1, 0.15) is 0 Å². The van der Waals surface area contributed by atoms with E-state index in [1.165, 1.54) is 18.4 Å². The highest BCUT2D eigenvalue weighted by molar-refractivity contribution is 5.27. The summed E-state index contributed by atoms with van der Waals surface area (Å²) in [6, 6.07) is 11.3. The molecule has 2 heterocycles. The number of hydrogen-bond acceptors (Lipinski definition) is 3. The first-order chi connectivity index (χ1) is 10.3. The molecule has 0 unspecified atom stereocenters. The van der Waals surface area contributed by atoms with Crippen LogP contribution in [0.5, 0.6) is 0 Å². The lowest BCUT2D eigenvalue weighted by atomic mass is 10.0. The van der Waals surface area contributed by atoms with Crippen LogP contribution in [0.4, 0.5) is 5.95 Å². The Hall–Kier alpha value is -1.81. The van der Waals surface area contributed by atoms with Gasteiger partial charge in [0.05, 0.1) is 0 Å². The maximum Gasteiger partial charge on any atom is 0.202 e. The molecule has 1 saturated heterocycles. The molecule has 1 fully saturated rings. The molecule has 0 spiro atoms. The Kier molecular flexibility index (Phi) is 4.55. The van der Waals surface area contributed by atoms with Crippen molar-refractivity contribution in [3.8, 4) is 0 Å². The SMILES string of the molecule is CCn1ccnc1NC1CCN(Cc2ccccc2)CC1. The molecule has 1 aromatic heterocycles. The average molecular weight is 284 g/mol. The summed E-state index contributed by atoms with van der Waals surface area (Å²) in [7, 11) is 0. The third kappa shape index (κ3) is 3.64. The van der Waals surface area contributed by atoms with Crippen LogP contribution in [0.1, 0.15) is 25.3 Å². The van der Waals surface area contributed by atoms with E-state index in [0.29, 0.717) is 6.04 Å². The maximum absolute atomic E-state index is 4.41. The molecule has 0 atom stereocenters. The van der Waals surface area contributed by atoms with Gasteiger partial charge in [-0.25, -0.2) is 4.98 Å². The third-order valence-electron chi connectivity index (χ3n) is 4.23. The van der Waals surface area contributed by atoms with Crippen molar-refractivity contribution in [1.29, 1.82) is 0 Å². The number of imidazole rings is 1. The highest BCUT2D eigenvalue weighted by Gasteiger charge is 2.20. The largest absolute Gasteiger partial charge is 0.353 e. The predicted octanol–water partition coefficient (Wildman–Crippen LogP) is 2.98. The second kappa shape index (κ2) is 6.76. The molecular formula is C17H24N4. The monoisotopic (exact) mass is 284 g/mol. The van der Waals surface area contributed by atoms with Crippen molar-refractivity contribution in [1.82, 2.24) is 14.5 Å². The van der Waals surface area contributed by atoms with Crippen LogP contribution in [0.3, 0.4) is 0 Å². The lowest BCUT2D eigenvalue weighted by molar-refractivity contribution is 0.211. The van der Waals surface area contributed by atoms with Crippen LogP contribution in [0.2, 0.25) is 0 Å². The summed E-state index contributed by atoms with van der Waals surface area (Å²) in [6.07, 6.45) is 6.27. The first-order valence-corrected chi connectivity index (χ1v) is 7.89. The van der Waals surface area contributed by atoms with Gasteiger partial charge in [-0.05, 0) is 25.3 Å². The summed E-state index contributed by atoms with van der Waals surface area (Å²) >= 11 is 0. The number of nitrogens with zero attached hydrogens (tertiary/aromatic N) is 3. The van der Waals surface area contributed by atoms with Crippen LogP contribution in [-0.4, -0.2) is 33.6 Å². The second-order valence-electron chi connectivity index (χ2n) is 5.72. The number of likely N-dealkylation sites (tertiary alicyclic amines) is 1. The lowest BCUT2D eigenvalue weighted by Crippen LogP contribution is -2.39. The smallest absolute Gasteiger partial charge is 0.202 e. The quantitative estimate of drug-likeness (QED) is 0.916. The van der Waals surface area contributed by atoms with Gasteiger partial charge in [0.15, 0.2) is 0 Å². The summed E-state index contributed by atoms with van der Waals surface area (Å²) in [5.41, 5.74) is 1.41. The Balaban J connectivity index is 1.49. The number of hydrogen-bond donors (Lipinski definition) is 1. The minimum atomic E-state index is 0.546. The van der Waals surface area contributed by atoms with E-state index in [-0.39, 0.29) is 0 Å². The summed E-state index contributed by atoms with van der Waals surface area (Å²) < 4.78 is 2.16. The van der Waals surface area contributed by atoms with E-state index in [9.17, 15) is 0 Å². The summed E-state index contributed by atoms with van der Waals surface area (Å²) in [5.74, 6) is 1.01. The fourth-order valence-electron chi connectivity index (χ4n) is 2.96. The Morgan fingerprint density at radius 3 is 2.67 bits per heavy atom. The zero-order chi connectivity index (χ0) is 14.5. The highest BCUT2D eigenvalue weighted by atomic mass is 15.2. The van der Waals surface area contributed by atoms with Gasteiger partial charge >= 0.3 is 0 Å². The maximum atomic E-state index is 4.41. The van der Waals surface area contributed by atoms with E-state index < -0.39 is 0 Å². The molecule has 1 aliphatic rings. The fourth-order valence-corrected chi connectivity index (χ4v) is 2.96. The van der Waals surface area contributed by atoms with Gasteiger partial charge in [0.25, 0.3) is 0 Å². The molecule has 2 aromatic rings. The van der Waals surface area contributed by atoms with Crippen LogP contribution in [0, 0.1) is 0 Å². The van der Waals surface area contributed by atoms with Gasteiger partial charge < -0.3 is 9.88 Å². The molecule has 0 radical (unpaired) electrons. The van der Waals surface area contributed by atoms with Crippen LogP contribution in [-0.2, 0) is 13.1 Å². The van der Waals surface area contributed by atoms with E-state index in [2.05, 4.69) is 57.0 Å². The average Bonchev–Trinajstić information content (AvgIpc) is 2.97. The third-order valence-corrected chi connectivity index (χ3v) is 4.23. The Bertz CT molecular complexity index is 541. The zero-order valence-corrected chi connectivity index (χ0v) is 12.7. The van der Waals surface area contributed by atoms with Crippen LogP contribution in [0.25, 0.3) is 0 Å². The van der Waals surface area contributed by atoms with Crippen molar-refractivity contribution in [3.63, 3.8) is 0 Å². The number of rotatable bonds is 5. The molecular weight excluding hydrogens is 260 g/mol. The molecule has 0 saturated carbocycles. The van der Waals surface area contributed by atoms with Gasteiger partial charge in [-0.1, -0.05) is 30.3 Å². The van der Waals surface area contributed by atoms with Crippen molar-refractivity contribution in [2.24, 2.45) is 0 Å². The molecule has 21 heavy (non-hydrogen) atoms. The Labute approximate surface area is 126 Å². The summed E-state index contributed by atoms with van der Waals surface area (Å²) in [5, 5.41) is 3.59.